The molecule has 0 spiro atoms. The molecule has 2 aromatic carbocycles. The van der Waals surface area contributed by atoms with Crippen molar-refractivity contribution in [3.05, 3.63) is 59.6 Å². The molecule has 0 unspecified atom stereocenters. The van der Waals surface area contributed by atoms with Gasteiger partial charge < -0.3 is 5.11 Å². The summed E-state index contributed by atoms with van der Waals surface area (Å²) in [5, 5.41) is 12.4. The highest BCUT2D eigenvalue weighted by molar-refractivity contribution is 7.13. The SMILES string of the molecule is Oc1ccc(F)c(F)c1-c1ccc(-c2nccs2)cc1. The zero-order valence-corrected chi connectivity index (χ0v) is 11.0. The lowest BCUT2D eigenvalue weighted by molar-refractivity contribution is 0.458. The van der Waals surface area contributed by atoms with Gasteiger partial charge in [0.2, 0.25) is 0 Å². The minimum atomic E-state index is -1.05. The van der Waals surface area contributed by atoms with Gasteiger partial charge in [-0.25, -0.2) is 13.8 Å². The molecule has 1 N–H and O–H groups in total. The summed E-state index contributed by atoms with van der Waals surface area (Å²) in [5.41, 5.74) is 1.18. The van der Waals surface area contributed by atoms with E-state index < -0.39 is 11.6 Å². The van der Waals surface area contributed by atoms with Crippen molar-refractivity contribution in [3.63, 3.8) is 0 Å². The summed E-state index contributed by atoms with van der Waals surface area (Å²) in [6.07, 6.45) is 1.70. The van der Waals surface area contributed by atoms with Gasteiger partial charge in [-0.1, -0.05) is 24.3 Å². The number of benzene rings is 2. The van der Waals surface area contributed by atoms with Crippen molar-refractivity contribution in [2.45, 2.75) is 0 Å². The van der Waals surface area contributed by atoms with E-state index in [2.05, 4.69) is 4.98 Å². The van der Waals surface area contributed by atoms with Crippen LogP contribution in [0.1, 0.15) is 0 Å². The van der Waals surface area contributed by atoms with E-state index in [-0.39, 0.29) is 11.3 Å². The van der Waals surface area contributed by atoms with E-state index in [4.69, 9.17) is 0 Å². The maximum absolute atomic E-state index is 13.8. The molecular weight excluding hydrogens is 280 g/mol. The lowest BCUT2D eigenvalue weighted by Crippen LogP contribution is -1.90. The number of thiazole rings is 1. The molecule has 0 atom stereocenters. The van der Waals surface area contributed by atoms with Crippen molar-refractivity contribution < 1.29 is 13.9 Å². The quantitative estimate of drug-likeness (QED) is 0.755. The Morgan fingerprint density at radius 1 is 0.950 bits per heavy atom. The van der Waals surface area contributed by atoms with Gasteiger partial charge in [0.15, 0.2) is 11.6 Å². The van der Waals surface area contributed by atoms with E-state index in [9.17, 15) is 13.9 Å². The number of rotatable bonds is 2. The van der Waals surface area contributed by atoms with E-state index in [0.717, 1.165) is 22.7 Å². The van der Waals surface area contributed by atoms with Crippen LogP contribution in [0.15, 0.2) is 48.0 Å². The number of phenolic OH excluding ortho intramolecular Hbond substituents is 1. The third kappa shape index (κ3) is 2.16. The smallest absolute Gasteiger partial charge is 0.170 e. The topological polar surface area (TPSA) is 33.1 Å². The van der Waals surface area contributed by atoms with Gasteiger partial charge in [-0.15, -0.1) is 11.3 Å². The lowest BCUT2D eigenvalue weighted by atomic mass is 10.0. The van der Waals surface area contributed by atoms with Crippen LogP contribution in [0.25, 0.3) is 21.7 Å². The van der Waals surface area contributed by atoms with Crippen LogP contribution in [0.5, 0.6) is 5.75 Å². The molecule has 2 nitrogen and oxygen atoms in total. The van der Waals surface area contributed by atoms with Crippen LogP contribution >= 0.6 is 11.3 Å². The zero-order chi connectivity index (χ0) is 14.1. The maximum Gasteiger partial charge on any atom is 0.170 e. The molecule has 0 radical (unpaired) electrons. The molecule has 0 aliphatic carbocycles. The molecule has 0 aliphatic heterocycles. The minimum absolute atomic E-state index is 0.129. The second-order valence-electron chi connectivity index (χ2n) is 4.17. The van der Waals surface area contributed by atoms with Crippen molar-refractivity contribution >= 4 is 11.3 Å². The van der Waals surface area contributed by atoms with Crippen molar-refractivity contribution in [1.29, 1.82) is 0 Å². The molecule has 20 heavy (non-hydrogen) atoms. The van der Waals surface area contributed by atoms with Crippen LogP contribution in [0.3, 0.4) is 0 Å². The van der Waals surface area contributed by atoms with E-state index in [1.807, 2.05) is 5.38 Å². The molecule has 0 bridgehead atoms. The third-order valence-electron chi connectivity index (χ3n) is 2.93. The van der Waals surface area contributed by atoms with Gasteiger partial charge in [-0.2, -0.15) is 0 Å². The monoisotopic (exact) mass is 289 g/mol. The van der Waals surface area contributed by atoms with Crippen molar-refractivity contribution in [2.75, 3.05) is 0 Å². The van der Waals surface area contributed by atoms with Crippen LogP contribution < -0.4 is 0 Å². The van der Waals surface area contributed by atoms with E-state index in [1.54, 1.807) is 30.5 Å². The van der Waals surface area contributed by atoms with Gasteiger partial charge in [0.1, 0.15) is 10.8 Å². The minimum Gasteiger partial charge on any atom is -0.507 e. The first-order valence-corrected chi connectivity index (χ1v) is 6.72. The Balaban J connectivity index is 2.06. The van der Waals surface area contributed by atoms with Crippen molar-refractivity contribution in [2.24, 2.45) is 0 Å². The van der Waals surface area contributed by atoms with Gasteiger partial charge in [0.05, 0.1) is 5.56 Å². The molecule has 0 saturated carbocycles. The number of nitrogens with zero attached hydrogens (tertiary/aromatic N) is 1. The number of halogens is 2. The highest BCUT2D eigenvalue weighted by Gasteiger charge is 2.15. The first-order valence-electron chi connectivity index (χ1n) is 5.84. The number of aromatic hydroxyl groups is 1. The average Bonchev–Trinajstić information content (AvgIpc) is 2.98. The molecule has 1 heterocycles. The van der Waals surface area contributed by atoms with Crippen molar-refractivity contribution in [1.82, 2.24) is 4.98 Å². The Kier molecular flexibility index (Phi) is 3.20. The zero-order valence-electron chi connectivity index (χ0n) is 10.2. The summed E-state index contributed by atoms with van der Waals surface area (Å²) in [6, 6.07) is 8.83. The molecule has 3 aromatic rings. The van der Waals surface area contributed by atoms with Crippen molar-refractivity contribution in [3.8, 4) is 27.4 Å². The normalized spacial score (nSPS) is 10.7. The summed E-state index contributed by atoms with van der Waals surface area (Å²) >= 11 is 1.49. The Labute approximate surface area is 118 Å². The predicted molar refractivity (Wildman–Crippen MR) is 74.6 cm³/mol. The fourth-order valence-corrected chi connectivity index (χ4v) is 2.61. The standard InChI is InChI=1S/C15H9F2NOS/c16-11-5-6-12(19)13(14(11)17)9-1-3-10(4-2-9)15-18-7-8-20-15/h1-8,19H. The summed E-state index contributed by atoms with van der Waals surface area (Å²) in [7, 11) is 0. The molecule has 0 saturated heterocycles. The Morgan fingerprint density at radius 3 is 2.30 bits per heavy atom. The van der Waals surface area contributed by atoms with Crippen LogP contribution in [-0.2, 0) is 0 Å². The second kappa shape index (κ2) is 5.02. The summed E-state index contributed by atoms with van der Waals surface area (Å²) < 4.78 is 27.0. The van der Waals surface area contributed by atoms with E-state index in [1.165, 1.54) is 11.3 Å². The Bertz CT molecular complexity index is 739. The van der Waals surface area contributed by atoms with Crippen LogP contribution in [-0.4, -0.2) is 10.1 Å². The van der Waals surface area contributed by atoms with Gasteiger partial charge in [-0.05, 0) is 17.7 Å². The fourth-order valence-electron chi connectivity index (χ4n) is 1.96. The van der Waals surface area contributed by atoms with Crippen LogP contribution in [0.2, 0.25) is 0 Å². The third-order valence-corrected chi connectivity index (χ3v) is 3.75. The second-order valence-corrected chi connectivity index (χ2v) is 5.06. The molecule has 5 heteroatoms. The largest absolute Gasteiger partial charge is 0.507 e. The first kappa shape index (κ1) is 12.7. The maximum atomic E-state index is 13.8. The highest BCUT2D eigenvalue weighted by atomic mass is 32.1. The number of aromatic nitrogens is 1. The predicted octanol–water partition coefficient (Wildman–Crippen LogP) is 4.46. The molecule has 0 fully saturated rings. The van der Waals surface area contributed by atoms with Gasteiger partial charge in [0, 0.05) is 17.1 Å². The molecule has 1 aromatic heterocycles. The van der Waals surface area contributed by atoms with Crippen LogP contribution in [0.4, 0.5) is 8.78 Å². The Morgan fingerprint density at radius 2 is 1.65 bits per heavy atom. The number of phenols is 1. The fraction of sp³-hybridized carbons (Fsp3) is 0. The lowest BCUT2D eigenvalue weighted by Gasteiger charge is -2.07. The average molecular weight is 289 g/mol. The number of hydrogen-bond acceptors (Lipinski definition) is 3. The summed E-state index contributed by atoms with van der Waals surface area (Å²) in [5.74, 6) is -2.32. The number of hydrogen-bond donors (Lipinski definition) is 1. The summed E-state index contributed by atoms with van der Waals surface area (Å²) in [4.78, 5) is 4.17. The summed E-state index contributed by atoms with van der Waals surface area (Å²) in [6.45, 7) is 0. The van der Waals surface area contributed by atoms with Gasteiger partial charge in [0.25, 0.3) is 0 Å². The van der Waals surface area contributed by atoms with Crippen LogP contribution in [0, 0.1) is 11.6 Å². The van der Waals surface area contributed by atoms with E-state index >= 15 is 0 Å². The first-order chi connectivity index (χ1) is 9.66. The molecule has 0 amide bonds. The Hall–Kier alpha value is -2.27. The molecular formula is C15H9F2NOS. The van der Waals surface area contributed by atoms with E-state index in [0.29, 0.717) is 5.56 Å². The molecule has 100 valence electrons. The molecule has 0 aliphatic rings. The molecule has 3 rings (SSSR count). The van der Waals surface area contributed by atoms with Gasteiger partial charge in [-0.3, -0.25) is 0 Å². The van der Waals surface area contributed by atoms with Gasteiger partial charge >= 0.3 is 0 Å². The highest BCUT2D eigenvalue weighted by Crippen LogP contribution is 2.34.